The zero-order valence-electron chi connectivity index (χ0n) is 19.8. The third-order valence-corrected chi connectivity index (χ3v) is 11.2. The van der Waals surface area contributed by atoms with Gasteiger partial charge in [0.05, 0.1) is 4.99 Å². The Kier molecular flexibility index (Phi) is 6.40. The van der Waals surface area contributed by atoms with E-state index in [0.717, 1.165) is 24.3 Å². The summed E-state index contributed by atoms with van der Waals surface area (Å²) in [5, 5.41) is 3.93. The van der Waals surface area contributed by atoms with Crippen molar-refractivity contribution in [3.05, 3.63) is 35.9 Å². The highest BCUT2D eigenvalue weighted by Gasteiger charge is 2.66. The second-order valence-electron chi connectivity index (χ2n) is 11.8. The van der Waals surface area contributed by atoms with Crippen LogP contribution in [0.3, 0.4) is 0 Å². The summed E-state index contributed by atoms with van der Waals surface area (Å²) in [6.07, 6.45) is 13.8. The molecule has 5 fully saturated rings. The number of benzene rings is 1. The average Bonchev–Trinajstić information content (AvgIpc) is 2.82. The van der Waals surface area contributed by atoms with Crippen molar-refractivity contribution in [1.82, 2.24) is 5.32 Å². The van der Waals surface area contributed by atoms with Gasteiger partial charge in [0.15, 0.2) is 0 Å². The molecule has 4 heteroatoms. The normalized spacial score (nSPS) is 42.7. The lowest BCUT2D eigenvalue weighted by Gasteiger charge is -2.70. The number of rotatable bonds is 7. The fourth-order valence-corrected chi connectivity index (χ4v) is 9.65. The monoisotopic (exact) mass is 472 g/mol. The molecule has 0 heterocycles. The largest absolute Gasteiger partial charge is 0.376 e. The second kappa shape index (κ2) is 8.86. The molecule has 176 valence electrons. The van der Waals surface area contributed by atoms with Crippen molar-refractivity contribution in [2.24, 2.45) is 34.3 Å². The van der Waals surface area contributed by atoms with Crippen molar-refractivity contribution >= 4 is 28.8 Å². The lowest BCUT2D eigenvalue weighted by Crippen LogP contribution is -2.65. The number of hydrogen-bond acceptors (Lipinski definition) is 2. The van der Waals surface area contributed by atoms with E-state index in [9.17, 15) is 0 Å². The molecule has 6 rings (SSSR count). The average molecular weight is 473 g/mol. The maximum Gasteiger partial charge on any atom is 0.0818 e. The highest BCUT2D eigenvalue weighted by molar-refractivity contribution is 7.80. The Bertz CT molecular complexity index is 800. The van der Waals surface area contributed by atoms with Crippen molar-refractivity contribution in [2.75, 3.05) is 12.4 Å². The van der Waals surface area contributed by atoms with E-state index in [1.165, 1.54) is 75.6 Å². The SMILES string of the molecule is CCC1(CCCl)C2CC3(C(=S)NC4CCC(CN)CC4)CC1CC(c1ccccc1)(C2)C3. The van der Waals surface area contributed by atoms with Crippen LogP contribution >= 0.6 is 23.8 Å². The van der Waals surface area contributed by atoms with E-state index in [0.29, 0.717) is 22.8 Å². The molecule has 3 N–H and O–H groups in total. The third-order valence-electron chi connectivity index (χ3n) is 10.5. The summed E-state index contributed by atoms with van der Waals surface area (Å²) in [5.41, 5.74) is 8.37. The minimum Gasteiger partial charge on any atom is -0.376 e. The van der Waals surface area contributed by atoms with Crippen LogP contribution in [0, 0.1) is 28.6 Å². The molecule has 0 radical (unpaired) electrons. The zero-order chi connectivity index (χ0) is 22.4. The van der Waals surface area contributed by atoms with Gasteiger partial charge in [-0.1, -0.05) is 49.5 Å². The van der Waals surface area contributed by atoms with Crippen molar-refractivity contribution in [3.8, 4) is 0 Å². The van der Waals surface area contributed by atoms with E-state index in [-0.39, 0.29) is 5.41 Å². The molecule has 32 heavy (non-hydrogen) atoms. The molecule has 0 saturated heterocycles. The summed E-state index contributed by atoms with van der Waals surface area (Å²) >= 11 is 12.7. The first-order chi connectivity index (χ1) is 15.5. The van der Waals surface area contributed by atoms with Crippen LogP contribution in [-0.4, -0.2) is 23.5 Å². The van der Waals surface area contributed by atoms with Gasteiger partial charge in [-0.15, -0.1) is 11.6 Å². The van der Waals surface area contributed by atoms with E-state index < -0.39 is 0 Å². The van der Waals surface area contributed by atoms with Crippen LogP contribution in [-0.2, 0) is 5.41 Å². The van der Waals surface area contributed by atoms with Gasteiger partial charge in [0, 0.05) is 17.3 Å². The molecule has 0 aromatic heterocycles. The molecular weight excluding hydrogens is 432 g/mol. The zero-order valence-corrected chi connectivity index (χ0v) is 21.3. The molecule has 5 aliphatic carbocycles. The Balaban J connectivity index is 1.44. The van der Waals surface area contributed by atoms with Crippen LogP contribution in [0.25, 0.3) is 0 Å². The number of alkyl halides is 1. The number of nitrogens with two attached hydrogens (primary N) is 1. The highest BCUT2D eigenvalue weighted by atomic mass is 35.5. The Morgan fingerprint density at radius 2 is 1.72 bits per heavy atom. The topological polar surface area (TPSA) is 38.0 Å². The van der Waals surface area contributed by atoms with Gasteiger partial charge in [-0.25, -0.2) is 0 Å². The van der Waals surface area contributed by atoms with Crippen LogP contribution in [0.4, 0.5) is 0 Å². The van der Waals surface area contributed by atoms with Gasteiger partial charge >= 0.3 is 0 Å². The van der Waals surface area contributed by atoms with Crippen molar-refractivity contribution < 1.29 is 0 Å². The summed E-state index contributed by atoms with van der Waals surface area (Å²) in [5.74, 6) is 2.98. The first kappa shape index (κ1) is 23.1. The standard InChI is InChI=1S/C28H41ClN2S/c1-2-28(12-13-29)22-14-26(21-6-4-3-5-7-21)15-23(28)17-27(16-22,19-26)25(32)31-24-10-8-20(18-30)9-11-24/h3-7,20,22-24H,2,8-19,30H2,1H3,(H,31,32). The summed E-state index contributed by atoms with van der Waals surface area (Å²) in [4.78, 5) is 1.19. The van der Waals surface area contributed by atoms with Crippen molar-refractivity contribution in [1.29, 1.82) is 0 Å². The van der Waals surface area contributed by atoms with Crippen LogP contribution in [0.2, 0.25) is 0 Å². The highest BCUT2D eigenvalue weighted by Crippen LogP contribution is 2.73. The van der Waals surface area contributed by atoms with E-state index in [2.05, 4.69) is 42.6 Å². The minimum atomic E-state index is 0.173. The van der Waals surface area contributed by atoms with Crippen LogP contribution in [0.15, 0.2) is 30.3 Å². The molecule has 1 aromatic carbocycles. The molecular formula is C28H41ClN2S. The van der Waals surface area contributed by atoms with Gasteiger partial charge in [-0.2, -0.15) is 0 Å². The summed E-state index contributed by atoms with van der Waals surface area (Å²) in [7, 11) is 0. The predicted molar refractivity (Wildman–Crippen MR) is 139 cm³/mol. The third kappa shape index (κ3) is 3.66. The molecule has 1 aromatic rings. The van der Waals surface area contributed by atoms with E-state index in [1.54, 1.807) is 5.56 Å². The molecule has 0 aliphatic heterocycles. The van der Waals surface area contributed by atoms with Gasteiger partial charge in [-0.3, -0.25) is 0 Å². The molecule has 2 atom stereocenters. The lowest BCUT2D eigenvalue weighted by molar-refractivity contribution is -0.145. The Labute approximate surface area is 205 Å². The minimum absolute atomic E-state index is 0.173. The first-order valence-electron chi connectivity index (χ1n) is 13.1. The van der Waals surface area contributed by atoms with Crippen LogP contribution in [0.5, 0.6) is 0 Å². The lowest BCUT2D eigenvalue weighted by atomic mass is 9.35. The summed E-state index contributed by atoms with van der Waals surface area (Å²) < 4.78 is 0. The van der Waals surface area contributed by atoms with Crippen LogP contribution in [0.1, 0.15) is 83.1 Å². The fourth-order valence-electron chi connectivity index (χ4n) is 8.89. The summed E-state index contributed by atoms with van der Waals surface area (Å²) in [6, 6.07) is 12.0. The predicted octanol–water partition coefficient (Wildman–Crippen LogP) is 6.59. The van der Waals surface area contributed by atoms with Crippen LogP contribution < -0.4 is 11.1 Å². The molecule has 0 spiro atoms. The number of thiocarbonyl (C=S) groups is 1. The van der Waals surface area contributed by atoms with Gasteiger partial charge in [0.1, 0.15) is 0 Å². The Morgan fingerprint density at radius 1 is 1.06 bits per heavy atom. The summed E-state index contributed by atoms with van der Waals surface area (Å²) in [6.45, 7) is 3.26. The molecule has 0 amide bonds. The number of halogens is 1. The molecule has 2 unspecified atom stereocenters. The Hall–Kier alpha value is -0.640. The number of hydrogen-bond donors (Lipinski definition) is 2. The second-order valence-corrected chi connectivity index (χ2v) is 12.6. The molecule has 4 bridgehead atoms. The number of nitrogens with one attached hydrogen (secondary N) is 1. The maximum atomic E-state index is 6.42. The first-order valence-corrected chi connectivity index (χ1v) is 14.1. The van der Waals surface area contributed by atoms with Gasteiger partial charge in [0.25, 0.3) is 0 Å². The van der Waals surface area contributed by atoms with Gasteiger partial charge in [0.2, 0.25) is 0 Å². The molecule has 2 nitrogen and oxygen atoms in total. The van der Waals surface area contributed by atoms with E-state index in [1.807, 2.05) is 0 Å². The van der Waals surface area contributed by atoms with Crippen molar-refractivity contribution in [3.63, 3.8) is 0 Å². The fraction of sp³-hybridized carbons (Fsp3) is 0.750. The van der Waals surface area contributed by atoms with Gasteiger partial charge in [-0.05, 0) is 111 Å². The van der Waals surface area contributed by atoms with E-state index in [4.69, 9.17) is 29.6 Å². The Morgan fingerprint density at radius 3 is 2.28 bits per heavy atom. The van der Waals surface area contributed by atoms with Crippen molar-refractivity contribution in [2.45, 2.75) is 89.0 Å². The van der Waals surface area contributed by atoms with Gasteiger partial charge < -0.3 is 11.1 Å². The maximum absolute atomic E-state index is 6.42. The molecule has 5 saturated carbocycles. The quantitative estimate of drug-likeness (QED) is 0.347. The molecule has 5 aliphatic rings. The van der Waals surface area contributed by atoms with E-state index >= 15 is 0 Å². The smallest absolute Gasteiger partial charge is 0.0818 e.